The van der Waals surface area contributed by atoms with E-state index in [9.17, 15) is 4.79 Å². The van der Waals surface area contributed by atoms with Crippen molar-refractivity contribution in [3.05, 3.63) is 105 Å². The van der Waals surface area contributed by atoms with Crippen molar-refractivity contribution in [2.24, 2.45) is 0 Å². The summed E-state index contributed by atoms with van der Waals surface area (Å²) in [6.45, 7) is 2.76. The summed E-state index contributed by atoms with van der Waals surface area (Å²) in [5.41, 5.74) is 2.94. The molecule has 140 valence electrons. The van der Waals surface area contributed by atoms with Gasteiger partial charge in [-0.2, -0.15) is 0 Å². The summed E-state index contributed by atoms with van der Waals surface area (Å²) >= 11 is 1.19. The molecule has 0 N–H and O–H groups in total. The van der Waals surface area contributed by atoms with Crippen LogP contribution in [0.5, 0.6) is 11.5 Å². The lowest BCUT2D eigenvalue weighted by Crippen LogP contribution is -2.07. The van der Waals surface area contributed by atoms with E-state index in [-0.39, 0.29) is 4.74 Å². The minimum absolute atomic E-state index is 0.0684. The van der Waals surface area contributed by atoms with Crippen molar-refractivity contribution in [2.45, 2.75) is 20.1 Å². The first-order valence-corrected chi connectivity index (χ1v) is 9.94. The van der Waals surface area contributed by atoms with Crippen LogP contribution in [0.1, 0.15) is 16.7 Å². The molecule has 0 aliphatic carbocycles. The Hall–Kier alpha value is -3.11. The SMILES string of the molecule is Cc1c(OCc2ccccc2)c(=O)sc2cccc(OCc3ccccc3)c12. The van der Waals surface area contributed by atoms with Crippen molar-refractivity contribution in [1.82, 2.24) is 0 Å². The van der Waals surface area contributed by atoms with E-state index in [1.165, 1.54) is 11.3 Å². The molecule has 0 atom stereocenters. The van der Waals surface area contributed by atoms with Crippen LogP contribution in [0, 0.1) is 6.92 Å². The Morgan fingerprint density at radius 2 is 1.36 bits per heavy atom. The Morgan fingerprint density at radius 1 is 0.750 bits per heavy atom. The molecule has 4 heteroatoms. The molecule has 0 bridgehead atoms. The maximum absolute atomic E-state index is 12.6. The van der Waals surface area contributed by atoms with E-state index in [1.54, 1.807) is 0 Å². The highest BCUT2D eigenvalue weighted by molar-refractivity contribution is 7.16. The third-order valence-corrected chi connectivity index (χ3v) is 5.49. The van der Waals surface area contributed by atoms with Gasteiger partial charge in [-0.25, -0.2) is 0 Å². The number of benzene rings is 3. The fourth-order valence-electron chi connectivity index (χ4n) is 3.13. The van der Waals surface area contributed by atoms with Crippen LogP contribution in [0.3, 0.4) is 0 Å². The van der Waals surface area contributed by atoms with Crippen molar-refractivity contribution in [2.75, 3.05) is 0 Å². The van der Waals surface area contributed by atoms with Crippen molar-refractivity contribution >= 4 is 21.4 Å². The van der Waals surface area contributed by atoms with Gasteiger partial charge in [0, 0.05) is 15.6 Å². The van der Waals surface area contributed by atoms with E-state index in [1.807, 2.05) is 85.8 Å². The van der Waals surface area contributed by atoms with Gasteiger partial charge in [-0.15, -0.1) is 0 Å². The zero-order valence-electron chi connectivity index (χ0n) is 15.6. The normalized spacial score (nSPS) is 10.8. The van der Waals surface area contributed by atoms with Crippen LogP contribution in [-0.2, 0) is 13.2 Å². The predicted octanol–water partition coefficient (Wildman–Crippen LogP) is 5.73. The van der Waals surface area contributed by atoms with Gasteiger partial charge in [0.15, 0.2) is 5.75 Å². The number of aryl methyl sites for hydroxylation is 1. The topological polar surface area (TPSA) is 35.5 Å². The van der Waals surface area contributed by atoms with Crippen molar-refractivity contribution in [3.8, 4) is 11.5 Å². The molecule has 0 spiro atoms. The zero-order chi connectivity index (χ0) is 19.3. The molecule has 1 aromatic heterocycles. The van der Waals surface area contributed by atoms with Crippen LogP contribution in [0.2, 0.25) is 0 Å². The van der Waals surface area contributed by atoms with E-state index < -0.39 is 0 Å². The van der Waals surface area contributed by atoms with Gasteiger partial charge in [-0.05, 0) is 30.2 Å². The third-order valence-electron chi connectivity index (χ3n) is 4.55. The fourth-order valence-corrected chi connectivity index (χ4v) is 4.14. The monoisotopic (exact) mass is 388 g/mol. The first kappa shape index (κ1) is 18.3. The second-order valence-corrected chi connectivity index (χ2v) is 7.54. The zero-order valence-corrected chi connectivity index (χ0v) is 16.4. The summed E-state index contributed by atoms with van der Waals surface area (Å²) in [6.07, 6.45) is 0. The Balaban J connectivity index is 1.66. The van der Waals surface area contributed by atoms with Gasteiger partial charge >= 0.3 is 0 Å². The lowest BCUT2D eigenvalue weighted by Gasteiger charge is -2.14. The quantitative estimate of drug-likeness (QED) is 0.423. The van der Waals surface area contributed by atoms with Crippen LogP contribution >= 0.6 is 11.3 Å². The Kier molecular flexibility index (Phi) is 5.40. The average Bonchev–Trinajstić information content (AvgIpc) is 2.73. The van der Waals surface area contributed by atoms with Crippen molar-refractivity contribution in [3.63, 3.8) is 0 Å². The molecule has 0 fully saturated rings. The molecular weight excluding hydrogens is 368 g/mol. The third kappa shape index (κ3) is 3.92. The molecule has 28 heavy (non-hydrogen) atoms. The van der Waals surface area contributed by atoms with Gasteiger partial charge in [0.1, 0.15) is 19.0 Å². The lowest BCUT2D eigenvalue weighted by molar-refractivity contribution is 0.301. The van der Waals surface area contributed by atoms with E-state index in [4.69, 9.17) is 9.47 Å². The summed E-state index contributed by atoms with van der Waals surface area (Å²) in [7, 11) is 0. The highest BCUT2D eigenvalue weighted by Gasteiger charge is 2.15. The highest BCUT2D eigenvalue weighted by atomic mass is 32.1. The van der Waals surface area contributed by atoms with Gasteiger partial charge < -0.3 is 9.47 Å². The minimum atomic E-state index is -0.0684. The van der Waals surface area contributed by atoms with Crippen LogP contribution in [0.15, 0.2) is 83.7 Å². The predicted molar refractivity (Wildman–Crippen MR) is 114 cm³/mol. The highest BCUT2D eigenvalue weighted by Crippen LogP contribution is 2.34. The largest absolute Gasteiger partial charge is 0.488 e. The molecular formula is C24H20O3S. The minimum Gasteiger partial charge on any atom is -0.488 e. The second kappa shape index (κ2) is 8.28. The number of hydrogen-bond acceptors (Lipinski definition) is 4. The van der Waals surface area contributed by atoms with E-state index in [2.05, 4.69) is 0 Å². The molecule has 3 aromatic carbocycles. The molecule has 1 heterocycles. The van der Waals surface area contributed by atoms with Crippen LogP contribution in [0.25, 0.3) is 10.1 Å². The average molecular weight is 388 g/mol. The number of ether oxygens (including phenoxy) is 2. The first-order valence-electron chi connectivity index (χ1n) is 9.12. The van der Waals surface area contributed by atoms with E-state index >= 15 is 0 Å². The number of rotatable bonds is 6. The Labute approximate surface area is 167 Å². The molecule has 0 amide bonds. The molecule has 0 aliphatic rings. The lowest BCUT2D eigenvalue weighted by atomic mass is 10.1. The summed E-state index contributed by atoms with van der Waals surface area (Å²) in [5, 5.41) is 0.936. The van der Waals surface area contributed by atoms with Crippen molar-refractivity contribution < 1.29 is 9.47 Å². The van der Waals surface area contributed by atoms with Crippen LogP contribution in [0.4, 0.5) is 0 Å². The molecule has 4 aromatic rings. The Morgan fingerprint density at radius 3 is 2.00 bits per heavy atom. The van der Waals surface area contributed by atoms with Crippen LogP contribution in [-0.4, -0.2) is 0 Å². The molecule has 0 aliphatic heterocycles. The Bertz CT molecular complexity index is 1140. The standard InChI is InChI=1S/C24H20O3S/c1-17-22-20(26-15-18-9-4-2-5-10-18)13-8-14-21(22)28-24(25)23(17)27-16-19-11-6-3-7-12-19/h2-14H,15-16H2,1H3. The first-order chi connectivity index (χ1) is 13.7. The molecule has 0 saturated heterocycles. The molecule has 0 saturated carbocycles. The van der Waals surface area contributed by atoms with E-state index in [0.29, 0.717) is 19.0 Å². The summed E-state index contributed by atoms with van der Waals surface area (Å²) in [4.78, 5) is 12.6. The van der Waals surface area contributed by atoms with Crippen molar-refractivity contribution in [1.29, 1.82) is 0 Å². The molecule has 4 rings (SSSR count). The van der Waals surface area contributed by atoms with Gasteiger partial charge in [0.25, 0.3) is 4.74 Å². The number of fused-ring (bicyclic) bond motifs is 1. The molecule has 0 unspecified atom stereocenters. The summed E-state index contributed by atoms with van der Waals surface area (Å²) in [6, 6.07) is 25.7. The fraction of sp³-hybridized carbons (Fsp3) is 0.125. The maximum atomic E-state index is 12.6. The number of hydrogen-bond donors (Lipinski definition) is 0. The van der Waals surface area contributed by atoms with Crippen LogP contribution < -0.4 is 14.2 Å². The smallest absolute Gasteiger partial charge is 0.275 e. The summed E-state index contributed by atoms with van der Waals surface area (Å²) < 4.78 is 12.8. The molecule has 3 nitrogen and oxygen atoms in total. The second-order valence-electron chi connectivity index (χ2n) is 6.52. The van der Waals surface area contributed by atoms with E-state index in [0.717, 1.165) is 32.5 Å². The van der Waals surface area contributed by atoms with Gasteiger partial charge in [-0.1, -0.05) is 78.1 Å². The van der Waals surface area contributed by atoms with Gasteiger partial charge in [0.05, 0.1) is 0 Å². The van der Waals surface area contributed by atoms with Gasteiger partial charge in [-0.3, -0.25) is 4.79 Å². The van der Waals surface area contributed by atoms with Gasteiger partial charge in [0.2, 0.25) is 0 Å². The summed E-state index contributed by atoms with van der Waals surface area (Å²) in [5.74, 6) is 1.16. The molecule has 0 radical (unpaired) electrons. The maximum Gasteiger partial charge on any atom is 0.275 e.